The monoisotopic (exact) mass is 439 g/mol. The van der Waals surface area contributed by atoms with Crippen LogP contribution in [0.25, 0.3) is 22.0 Å². The fourth-order valence-electron chi connectivity index (χ4n) is 3.96. The molecule has 160 valence electrons. The number of rotatable bonds is 4. The number of ether oxygens (including phenoxy) is 1. The summed E-state index contributed by atoms with van der Waals surface area (Å²) in [6.07, 6.45) is 2.80. The van der Waals surface area contributed by atoms with E-state index in [4.69, 9.17) is 9.15 Å². The van der Waals surface area contributed by atoms with E-state index < -0.39 is 15.8 Å². The van der Waals surface area contributed by atoms with Crippen molar-refractivity contribution in [2.45, 2.75) is 23.8 Å². The Bertz CT molecular complexity index is 1430. The molecular formula is C22H21N3O5S. The number of hydrogen-bond donors (Lipinski definition) is 0. The lowest BCUT2D eigenvalue weighted by Gasteiger charge is -2.31. The Morgan fingerprint density at radius 3 is 2.68 bits per heavy atom. The maximum absolute atomic E-state index is 13.1. The molecule has 3 heterocycles. The molecule has 1 aliphatic heterocycles. The van der Waals surface area contributed by atoms with Crippen LogP contribution in [0.1, 0.15) is 12.8 Å². The highest BCUT2D eigenvalue weighted by Crippen LogP contribution is 2.28. The average molecular weight is 439 g/mol. The maximum Gasteiger partial charge on any atom is 0.419 e. The molecular weight excluding hydrogens is 418 g/mol. The van der Waals surface area contributed by atoms with Gasteiger partial charge in [0.2, 0.25) is 10.0 Å². The number of sulfonamides is 1. The number of hydrogen-bond acceptors (Lipinski definition) is 6. The molecule has 5 rings (SSSR count). The van der Waals surface area contributed by atoms with E-state index in [-0.39, 0.29) is 11.0 Å². The van der Waals surface area contributed by atoms with Gasteiger partial charge < -0.3 is 9.15 Å². The van der Waals surface area contributed by atoms with Crippen LogP contribution in [0.15, 0.2) is 68.8 Å². The summed E-state index contributed by atoms with van der Waals surface area (Å²) in [6.45, 7) is 0.709. The van der Waals surface area contributed by atoms with Gasteiger partial charge in [-0.1, -0.05) is 18.2 Å². The van der Waals surface area contributed by atoms with Gasteiger partial charge >= 0.3 is 5.76 Å². The SMILES string of the molecule is Cn1c(=O)oc2ccc(S(=O)(=O)N3CCC(Oc4cccc5cccnc45)CC3)cc21. The van der Waals surface area contributed by atoms with Crippen molar-refractivity contribution < 1.29 is 17.6 Å². The highest BCUT2D eigenvalue weighted by atomic mass is 32.2. The van der Waals surface area contributed by atoms with Gasteiger partial charge in [0.15, 0.2) is 5.58 Å². The fourth-order valence-corrected chi connectivity index (χ4v) is 5.45. The first-order valence-electron chi connectivity index (χ1n) is 10.0. The van der Waals surface area contributed by atoms with Crippen molar-refractivity contribution in [3.63, 3.8) is 0 Å². The molecule has 0 amide bonds. The number of oxazole rings is 1. The molecule has 0 radical (unpaired) electrons. The maximum atomic E-state index is 13.1. The van der Waals surface area contributed by atoms with Gasteiger partial charge in [-0.2, -0.15) is 4.31 Å². The number of piperidine rings is 1. The van der Waals surface area contributed by atoms with E-state index in [0.717, 1.165) is 10.9 Å². The molecule has 31 heavy (non-hydrogen) atoms. The molecule has 1 aliphatic rings. The number of aromatic nitrogens is 2. The van der Waals surface area contributed by atoms with Gasteiger partial charge in [0.05, 0.1) is 10.4 Å². The molecule has 2 aromatic carbocycles. The van der Waals surface area contributed by atoms with Crippen LogP contribution >= 0.6 is 0 Å². The molecule has 0 N–H and O–H groups in total. The molecule has 0 atom stereocenters. The molecule has 4 aromatic rings. The molecule has 9 heteroatoms. The molecule has 0 saturated carbocycles. The Balaban J connectivity index is 1.33. The van der Waals surface area contributed by atoms with Crippen LogP contribution in [0.2, 0.25) is 0 Å². The minimum absolute atomic E-state index is 0.0868. The molecule has 0 aliphatic carbocycles. The van der Waals surface area contributed by atoms with E-state index in [1.807, 2.05) is 30.3 Å². The van der Waals surface area contributed by atoms with Gasteiger partial charge in [0.25, 0.3) is 0 Å². The van der Waals surface area contributed by atoms with E-state index >= 15 is 0 Å². The highest BCUT2D eigenvalue weighted by molar-refractivity contribution is 7.89. The summed E-state index contributed by atoms with van der Waals surface area (Å²) in [5.74, 6) is 0.191. The zero-order valence-corrected chi connectivity index (χ0v) is 17.7. The van der Waals surface area contributed by atoms with Crippen LogP contribution in [0, 0.1) is 0 Å². The summed E-state index contributed by atoms with van der Waals surface area (Å²) in [4.78, 5) is 16.2. The topological polar surface area (TPSA) is 94.6 Å². The quantitative estimate of drug-likeness (QED) is 0.485. The van der Waals surface area contributed by atoms with Crippen LogP contribution < -0.4 is 10.5 Å². The van der Waals surface area contributed by atoms with Crippen molar-refractivity contribution >= 4 is 32.0 Å². The molecule has 8 nitrogen and oxygen atoms in total. The highest BCUT2D eigenvalue weighted by Gasteiger charge is 2.31. The summed E-state index contributed by atoms with van der Waals surface area (Å²) in [5.41, 5.74) is 1.62. The molecule has 1 saturated heterocycles. The average Bonchev–Trinajstić information content (AvgIpc) is 3.07. The lowest BCUT2D eigenvalue weighted by molar-refractivity contribution is 0.136. The number of pyridine rings is 1. The number of para-hydroxylation sites is 1. The van der Waals surface area contributed by atoms with Gasteiger partial charge in [0, 0.05) is 31.7 Å². The lowest BCUT2D eigenvalue weighted by Crippen LogP contribution is -2.41. The van der Waals surface area contributed by atoms with Gasteiger partial charge in [-0.05, 0) is 43.2 Å². The van der Waals surface area contributed by atoms with Crippen LogP contribution in [-0.2, 0) is 17.1 Å². The predicted octanol–water partition coefficient (Wildman–Crippen LogP) is 2.91. The summed E-state index contributed by atoms with van der Waals surface area (Å²) in [5, 5.41) is 1.00. The zero-order chi connectivity index (χ0) is 21.6. The van der Waals surface area contributed by atoms with Gasteiger partial charge in [-0.25, -0.2) is 13.2 Å². The third kappa shape index (κ3) is 3.49. The second kappa shape index (κ2) is 7.51. The molecule has 2 aromatic heterocycles. The first-order valence-corrected chi connectivity index (χ1v) is 11.5. The summed E-state index contributed by atoms with van der Waals surface area (Å²) in [6, 6.07) is 14.2. The largest absolute Gasteiger partial charge is 0.488 e. The van der Waals surface area contributed by atoms with Crippen LogP contribution in [0.5, 0.6) is 5.75 Å². The van der Waals surface area contributed by atoms with E-state index in [0.29, 0.717) is 42.8 Å². The smallest absolute Gasteiger partial charge is 0.419 e. The second-order valence-corrected chi connectivity index (χ2v) is 9.55. The Labute approximate surface area is 178 Å². The Morgan fingerprint density at radius 1 is 1.10 bits per heavy atom. The fraction of sp³-hybridized carbons (Fsp3) is 0.273. The predicted molar refractivity (Wildman–Crippen MR) is 116 cm³/mol. The van der Waals surface area contributed by atoms with Crippen molar-refractivity contribution in [3.05, 3.63) is 65.3 Å². The minimum atomic E-state index is -3.68. The molecule has 1 fully saturated rings. The van der Waals surface area contributed by atoms with Crippen LogP contribution in [-0.4, -0.2) is 41.5 Å². The van der Waals surface area contributed by atoms with Crippen molar-refractivity contribution in [3.8, 4) is 5.75 Å². The first-order chi connectivity index (χ1) is 14.9. The molecule has 0 spiro atoms. The third-order valence-electron chi connectivity index (χ3n) is 5.69. The summed E-state index contributed by atoms with van der Waals surface area (Å²) >= 11 is 0. The van der Waals surface area contributed by atoms with Gasteiger partial charge in [-0.3, -0.25) is 9.55 Å². The van der Waals surface area contributed by atoms with E-state index in [1.54, 1.807) is 13.2 Å². The van der Waals surface area contributed by atoms with Crippen molar-refractivity contribution in [1.82, 2.24) is 13.9 Å². The Hall–Kier alpha value is -3.17. The van der Waals surface area contributed by atoms with Crippen molar-refractivity contribution in [2.24, 2.45) is 7.05 Å². The van der Waals surface area contributed by atoms with Crippen molar-refractivity contribution in [2.75, 3.05) is 13.1 Å². The number of nitrogens with zero attached hydrogens (tertiary/aromatic N) is 3. The molecule has 0 bridgehead atoms. The van der Waals surface area contributed by atoms with E-state index in [2.05, 4.69) is 4.98 Å². The number of aryl methyl sites for hydroxylation is 1. The number of fused-ring (bicyclic) bond motifs is 2. The normalized spacial score (nSPS) is 16.2. The summed E-state index contributed by atoms with van der Waals surface area (Å²) in [7, 11) is -2.13. The standard InChI is InChI=1S/C22H21N3O5S/c1-24-18-14-17(7-8-19(18)30-22(24)26)31(27,28)25-12-9-16(10-13-25)29-20-6-2-4-15-5-3-11-23-21(15)20/h2-8,11,14,16H,9-10,12-13H2,1H3. The second-order valence-electron chi connectivity index (χ2n) is 7.61. The van der Waals surface area contributed by atoms with Crippen LogP contribution in [0.4, 0.5) is 0 Å². The number of benzene rings is 2. The zero-order valence-electron chi connectivity index (χ0n) is 16.9. The van der Waals surface area contributed by atoms with Crippen LogP contribution in [0.3, 0.4) is 0 Å². The van der Waals surface area contributed by atoms with Gasteiger partial charge in [0.1, 0.15) is 17.4 Å². The first kappa shape index (κ1) is 19.8. The Kier molecular flexibility index (Phi) is 4.79. The minimum Gasteiger partial charge on any atom is -0.488 e. The van der Waals surface area contributed by atoms with Gasteiger partial charge in [-0.15, -0.1) is 0 Å². The Morgan fingerprint density at radius 2 is 1.87 bits per heavy atom. The molecule has 0 unspecified atom stereocenters. The van der Waals surface area contributed by atoms with E-state index in [9.17, 15) is 13.2 Å². The summed E-state index contributed by atoms with van der Waals surface area (Å²) < 4.78 is 40.3. The van der Waals surface area contributed by atoms with E-state index in [1.165, 1.54) is 27.1 Å². The third-order valence-corrected chi connectivity index (χ3v) is 7.59. The lowest BCUT2D eigenvalue weighted by atomic mass is 10.1. The van der Waals surface area contributed by atoms with Crippen molar-refractivity contribution in [1.29, 1.82) is 0 Å².